The molecule has 0 aromatic heterocycles. The highest BCUT2D eigenvalue weighted by atomic mass is 35.5. The maximum absolute atomic E-state index is 6.01. The first-order valence-electron chi connectivity index (χ1n) is 6.02. The van der Waals surface area contributed by atoms with Gasteiger partial charge < -0.3 is 11.1 Å². The first-order chi connectivity index (χ1) is 8.16. The van der Waals surface area contributed by atoms with E-state index in [1.165, 1.54) is 12.2 Å². The van der Waals surface area contributed by atoms with Gasteiger partial charge in [0.2, 0.25) is 0 Å². The van der Waals surface area contributed by atoms with Crippen LogP contribution < -0.4 is 11.1 Å². The summed E-state index contributed by atoms with van der Waals surface area (Å²) < 4.78 is 0. The van der Waals surface area contributed by atoms with E-state index in [2.05, 4.69) is 18.3 Å². The Kier molecular flexibility index (Phi) is 4.23. The minimum Gasteiger partial charge on any atom is -0.377 e. The Bertz CT molecular complexity index is 385. The number of rotatable bonds is 3. The van der Waals surface area contributed by atoms with E-state index in [4.69, 9.17) is 17.3 Å². The van der Waals surface area contributed by atoms with Gasteiger partial charge in [0, 0.05) is 22.5 Å². The molecule has 2 atom stereocenters. The van der Waals surface area contributed by atoms with Crippen molar-refractivity contribution in [3.63, 3.8) is 0 Å². The Balaban J connectivity index is 2.18. The first-order valence-corrected chi connectivity index (χ1v) is 7.44. The lowest BCUT2D eigenvalue weighted by atomic mass is 9.89. The molecule has 0 aliphatic carbocycles. The number of hydrogen-bond donors (Lipinski definition) is 2. The van der Waals surface area contributed by atoms with Gasteiger partial charge in [-0.3, -0.25) is 0 Å². The van der Waals surface area contributed by atoms with Crippen molar-refractivity contribution in [3.8, 4) is 0 Å². The van der Waals surface area contributed by atoms with Gasteiger partial charge in [0.05, 0.1) is 5.54 Å². The summed E-state index contributed by atoms with van der Waals surface area (Å²) in [7, 11) is 0. The third-order valence-electron chi connectivity index (χ3n) is 3.50. The highest BCUT2D eigenvalue weighted by molar-refractivity contribution is 8.00. The number of nitrogens with one attached hydrogen (secondary N) is 1. The maximum Gasteiger partial charge on any atom is 0.0611 e. The quantitative estimate of drug-likeness (QED) is 0.885. The molecule has 2 rings (SSSR count). The average molecular weight is 271 g/mol. The largest absolute Gasteiger partial charge is 0.377 e. The van der Waals surface area contributed by atoms with Crippen LogP contribution in [0.25, 0.3) is 0 Å². The Morgan fingerprint density at radius 1 is 1.59 bits per heavy atom. The van der Waals surface area contributed by atoms with E-state index in [1.807, 2.05) is 30.0 Å². The molecule has 1 saturated heterocycles. The molecule has 0 spiro atoms. The number of halogens is 1. The SMILES string of the molecule is CC1SCCCC1(CN)Nc1cccc(Cl)c1. The topological polar surface area (TPSA) is 38.0 Å². The van der Waals surface area contributed by atoms with Crippen LogP contribution in [-0.4, -0.2) is 23.1 Å². The number of anilines is 1. The van der Waals surface area contributed by atoms with E-state index in [1.54, 1.807) is 0 Å². The molecular weight excluding hydrogens is 252 g/mol. The van der Waals surface area contributed by atoms with Crippen LogP contribution in [0.1, 0.15) is 19.8 Å². The van der Waals surface area contributed by atoms with E-state index in [-0.39, 0.29) is 5.54 Å². The van der Waals surface area contributed by atoms with Crippen molar-refractivity contribution in [2.45, 2.75) is 30.6 Å². The standard InChI is InChI=1S/C13H19ClN2S/c1-10-13(9-15,6-3-7-17-10)16-12-5-2-4-11(14)8-12/h2,4-5,8,10,16H,3,6-7,9,15H2,1H3. The van der Waals surface area contributed by atoms with Crippen LogP contribution in [0.15, 0.2) is 24.3 Å². The Morgan fingerprint density at radius 2 is 2.41 bits per heavy atom. The maximum atomic E-state index is 6.01. The molecule has 4 heteroatoms. The van der Waals surface area contributed by atoms with Gasteiger partial charge in [-0.2, -0.15) is 11.8 Å². The average Bonchev–Trinajstić information content (AvgIpc) is 2.32. The zero-order valence-electron chi connectivity index (χ0n) is 10.1. The highest BCUT2D eigenvalue weighted by Crippen LogP contribution is 2.36. The summed E-state index contributed by atoms with van der Waals surface area (Å²) in [6.45, 7) is 2.92. The summed E-state index contributed by atoms with van der Waals surface area (Å²) in [4.78, 5) is 0. The molecule has 1 heterocycles. The van der Waals surface area contributed by atoms with Crippen LogP contribution in [-0.2, 0) is 0 Å². The molecule has 94 valence electrons. The summed E-state index contributed by atoms with van der Waals surface area (Å²) in [5.41, 5.74) is 7.08. The second kappa shape index (κ2) is 5.51. The van der Waals surface area contributed by atoms with Gasteiger partial charge in [-0.15, -0.1) is 0 Å². The normalized spacial score (nSPS) is 29.0. The van der Waals surface area contributed by atoms with Gasteiger partial charge in [-0.25, -0.2) is 0 Å². The van der Waals surface area contributed by atoms with Crippen LogP contribution in [0, 0.1) is 0 Å². The third kappa shape index (κ3) is 2.90. The Morgan fingerprint density at radius 3 is 3.06 bits per heavy atom. The molecule has 1 aliphatic rings. The number of benzene rings is 1. The van der Waals surface area contributed by atoms with Crippen LogP contribution in [0.2, 0.25) is 5.02 Å². The van der Waals surface area contributed by atoms with E-state index < -0.39 is 0 Å². The summed E-state index contributed by atoms with van der Waals surface area (Å²) in [6, 6.07) is 7.87. The predicted octanol–water partition coefficient (Wildman–Crippen LogP) is 3.36. The fourth-order valence-corrected chi connectivity index (χ4v) is 3.79. The molecule has 2 nitrogen and oxygen atoms in total. The Hall–Kier alpha value is -0.380. The number of nitrogens with two attached hydrogens (primary N) is 1. The molecule has 17 heavy (non-hydrogen) atoms. The minimum atomic E-state index is 0.00754. The summed E-state index contributed by atoms with van der Waals surface area (Å²) in [5, 5.41) is 4.89. The summed E-state index contributed by atoms with van der Waals surface area (Å²) in [5.74, 6) is 1.24. The smallest absolute Gasteiger partial charge is 0.0611 e. The van der Waals surface area contributed by atoms with Crippen molar-refractivity contribution in [2.24, 2.45) is 5.73 Å². The van der Waals surface area contributed by atoms with Gasteiger partial charge in [0.25, 0.3) is 0 Å². The molecule has 0 saturated carbocycles. The molecule has 1 aromatic carbocycles. The van der Waals surface area contributed by atoms with Gasteiger partial charge in [0.15, 0.2) is 0 Å². The number of thioether (sulfide) groups is 1. The third-order valence-corrected chi connectivity index (χ3v) is 5.21. The van der Waals surface area contributed by atoms with Crippen LogP contribution in [0.5, 0.6) is 0 Å². The van der Waals surface area contributed by atoms with Crippen molar-refractivity contribution in [1.82, 2.24) is 0 Å². The predicted molar refractivity (Wildman–Crippen MR) is 78.0 cm³/mol. The van der Waals surface area contributed by atoms with Crippen LogP contribution >= 0.6 is 23.4 Å². The summed E-state index contributed by atoms with van der Waals surface area (Å²) >= 11 is 8.01. The molecule has 1 aromatic rings. The second-order valence-electron chi connectivity index (χ2n) is 4.61. The molecule has 0 bridgehead atoms. The van der Waals surface area contributed by atoms with Gasteiger partial charge in [-0.05, 0) is 36.8 Å². The lowest BCUT2D eigenvalue weighted by Crippen LogP contribution is -2.54. The molecule has 0 amide bonds. The van der Waals surface area contributed by atoms with E-state index in [9.17, 15) is 0 Å². The van der Waals surface area contributed by atoms with Crippen molar-refractivity contribution >= 4 is 29.1 Å². The van der Waals surface area contributed by atoms with Crippen LogP contribution in [0.4, 0.5) is 5.69 Å². The van der Waals surface area contributed by atoms with Crippen molar-refractivity contribution in [3.05, 3.63) is 29.3 Å². The second-order valence-corrected chi connectivity index (χ2v) is 6.50. The van der Waals surface area contributed by atoms with Crippen molar-refractivity contribution in [2.75, 3.05) is 17.6 Å². The Labute approximate surface area is 112 Å². The van der Waals surface area contributed by atoms with E-state index >= 15 is 0 Å². The van der Waals surface area contributed by atoms with Gasteiger partial charge in [0.1, 0.15) is 0 Å². The molecule has 1 fully saturated rings. The summed E-state index contributed by atoms with van der Waals surface area (Å²) in [6.07, 6.45) is 2.35. The molecule has 0 radical (unpaired) electrons. The minimum absolute atomic E-state index is 0.00754. The van der Waals surface area contributed by atoms with Crippen molar-refractivity contribution < 1.29 is 0 Å². The van der Waals surface area contributed by atoms with Crippen LogP contribution in [0.3, 0.4) is 0 Å². The fraction of sp³-hybridized carbons (Fsp3) is 0.538. The fourth-order valence-electron chi connectivity index (χ4n) is 2.35. The molecular formula is C13H19ClN2S. The highest BCUT2D eigenvalue weighted by Gasteiger charge is 2.37. The molecule has 3 N–H and O–H groups in total. The lowest BCUT2D eigenvalue weighted by molar-refractivity contribution is 0.422. The van der Waals surface area contributed by atoms with Gasteiger partial charge >= 0.3 is 0 Å². The molecule has 2 unspecified atom stereocenters. The van der Waals surface area contributed by atoms with Gasteiger partial charge in [-0.1, -0.05) is 24.6 Å². The zero-order valence-corrected chi connectivity index (χ0v) is 11.7. The zero-order chi connectivity index (χ0) is 12.3. The monoisotopic (exact) mass is 270 g/mol. The van der Waals surface area contributed by atoms with Crippen molar-refractivity contribution in [1.29, 1.82) is 0 Å². The lowest BCUT2D eigenvalue weighted by Gasteiger charge is -2.43. The first kappa shape index (κ1) is 13.1. The van der Waals surface area contributed by atoms with E-state index in [0.29, 0.717) is 11.8 Å². The number of hydrogen-bond acceptors (Lipinski definition) is 3. The van der Waals surface area contributed by atoms with E-state index in [0.717, 1.165) is 17.1 Å². The molecule has 1 aliphatic heterocycles.